The molecule has 0 fully saturated rings. The second kappa shape index (κ2) is 14.4. The third kappa shape index (κ3) is 8.27. The molecule has 32 heavy (non-hydrogen) atoms. The molecule has 6 nitrogen and oxygen atoms in total. The van der Waals surface area contributed by atoms with E-state index in [1.54, 1.807) is 0 Å². The first-order valence-electron chi connectivity index (χ1n) is 11.4. The number of benzene rings is 2. The molecule has 0 aliphatic heterocycles. The smallest absolute Gasteiger partial charge is 0.374 e. The summed E-state index contributed by atoms with van der Waals surface area (Å²) in [5.41, 5.74) is 8.78. The van der Waals surface area contributed by atoms with E-state index in [9.17, 15) is 0 Å². The van der Waals surface area contributed by atoms with E-state index in [4.69, 9.17) is 31.2 Å². The molecule has 0 heterocycles. The summed E-state index contributed by atoms with van der Waals surface area (Å²) in [7, 11) is -2.64. The van der Waals surface area contributed by atoms with Crippen LogP contribution in [0.25, 0.3) is 0 Å². The van der Waals surface area contributed by atoms with Gasteiger partial charge in [-0.15, -0.1) is 0 Å². The zero-order chi connectivity index (χ0) is 23.2. The predicted octanol–water partition coefficient (Wildman–Crippen LogP) is 4.33. The van der Waals surface area contributed by atoms with Gasteiger partial charge in [0, 0.05) is 32.4 Å². The van der Waals surface area contributed by atoms with Crippen LogP contribution in [0.5, 0.6) is 0 Å². The van der Waals surface area contributed by atoms with Gasteiger partial charge in [-0.3, -0.25) is 0 Å². The van der Waals surface area contributed by atoms with Crippen LogP contribution in [0.4, 0.5) is 0 Å². The van der Waals surface area contributed by atoms with Crippen molar-refractivity contribution in [1.82, 2.24) is 10.6 Å². The van der Waals surface area contributed by atoms with Gasteiger partial charge in [-0.1, -0.05) is 60.7 Å². The molecule has 0 saturated carbocycles. The SMILES string of the molecule is CCO[Si](CCCNC(=S)N[C@H](c1ccccc1)[C@H](N)c1ccccc1)(OCC)OCC. The van der Waals surface area contributed by atoms with Crippen molar-refractivity contribution in [3.05, 3.63) is 71.8 Å². The van der Waals surface area contributed by atoms with Gasteiger partial charge in [-0.2, -0.15) is 0 Å². The minimum atomic E-state index is -2.64. The molecule has 8 heteroatoms. The molecule has 4 N–H and O–H groups in total. The van der Waals surface area contributed by atoms with Crippen molar-refractivity contribution in [2.75, 3.05) is 26.4 Å². The highest BCUT2D eigenvalue weighted by atomic mass is 32.1. The fourth-order valence-electron chi connectivity index (χ4n) is 3.61. The van der Waals surface area contributed by atoms with E-state index in [1.165, 1.54) is 0 Å². The average molecular weight is 476 g/mol. The predicted molar refractivity (Wildman–Crippen MR) is 136 cm³/mol. The lowest BCUT2D eigenvalue weighted by molar-refractivity contribution is 0.0709. The number of nitrogens with two attached hydrogens (primary N) is 1. The normalized spacial score (nSPS) is 13.4. The Labute approximate surface area is 199 Å². The third-order valence-electron chi connectivity index (χ3n) is 5.03. The van der Waals surface area contributed by atoms with E-state index in [0.717, 1.165) is 23.6 Å². The topological polar surface area (TPSA) is 77.8 Å². The molecule has 0 amide bonds. The van der Waals surface area contributed by atoms with Crippen LogP contribution in [0, 0.1) is 0 Å². The molecule has 0 aliphatic rings. The zero-order valence-corrected chi connectivity index (χ0v) is 21.2. The highest BCUT2D eigenvalue weighted by molar-refractivity contribution is 7.80. The van der Waals surface area contributed by atoms with Gasteiger partial charge in [0.15, 0.2) is 5.11 Å². The molecule has 2 atom stereocenters. The molecule has 0 aliphatic carbocycles. The summed E-state index contributed by atoms with van der Waals surface area (Å²) in [6, 6.07) is 20.6. The van der Waals surface area contributed by atoms with E-state index in [1.807, 2.05) is 69.3 Å². The Hall–Kier alpha value is -1.81. The Bertz CT molecular complexity index is 766. The van der Waals surface area contributed by atoms with E-state index >= 15 is 0 Å². The Kier molecular flexibility index (Phi) is 11.9. The van der Waals surface area contributed by atoms with Crippen LogP contribution in [-0.2, 0) is 13.3 Å². The van der Waals surface area contributed by atoms with E-state index in [2.05, 4.69) is 22.8 Å². The number of rotatable bonds is 14. The summed E-state index contributed by atoms with van der Waals surface area (Å²) in [6.45, 7) is 8.33. The first-order valence-corrected chi connectivity index (χ1v) is 13.7. The van der Waals surface area contributed by atoms with E-state index in [-0.39, 0.29) is 12.1 Å². The molecule has 0 bridgehead atoms. The van der Waals surface area contributed by atoms with Gasteiger partial charge in [0.25, 0.3) is 0 Å². The lowest BCUT2D eigenvalue weighted by Crippen LogP contribution is -2.47. The van der Waals surface area contributed by atoms with Crippen molar-refractivity contribution >= 4 is 26.1 Å². The van der Waals surface area contributed by atoms with Crippen LogP contribution in [0.1, 0.15) is 50.4 Å². The van der Waals surface area contributed by atoms with Crippen LogP contribution >= 0.6 is 12.2 Å². The number of hydrogen-bond donors (Lipinski definition) is 3. The van der Waals surface area contributed by atoms with Gasteiger partial charge in [0.1, 0.15) is 0 Å². The van der Waals surface area contributed by atoms with Crippen molar-refractivity contribution < 1.29 is 13.3 Å². The van der Waals surface area contributed by atoms with Gasteiger partial charge in [0.05, 0.1) is 12.1 Å². The van der Waals surface area contributed by atoms with Crippen LogP contribution in [0.15, 0.2) is 60.7 Å². The van der Waals surface area contributed by atoms with Crippen molar-refractivity contribution in [2.24, 2.45) is 5.73 Å². The minimum absolute atomic E-state index is 0.151. The monoisotopic (exact) mass is 475 g/mol. The van der Waals surface area contributed by atoms with Crippen LogP contribution in [-0.4, -0.2) is 40.3 Å². The van der Waals surface area contributed by atoms with Crippen molar-refractivity contribution in [2.45, 2.75) is 45.3 Å². The molecule has 0 radical (unpaired) electrons. The Morgan fingerprint density at radius 2 is 1.38 bits per heavy atom. The molecular formula is C24H37N3O3SSi. The van der Waals surface area contributed by atoms with Crippen LogP contribution in [0.3, 0.4) is 0 Å². The van der Waals surface area contributed by atoms with Gasteiger partial charge in [-0.05, 0) is 50.5 Å². The summed E-state index contributed by atoms with van der Waals surface area (Å²) in [5, 5.41) is 7.30. The lowest BCUT2D eigenvalue weighted by atomic mass is 9.94. The zero-order valence-electron chi connectivity index (χ0n) is 19.4. The van der Waals surface area contributed by atoms with E-state index < -0.39 is 8.80 Å². The third-order valence-corrected chi connectivity index (χ3v) is 8.44. The maximum Gasteiger partial charge on any atom is 0.500 e. The molecule has 2 aromatic rings. The molecule has 2 rings (SSSR count). The number of thiocarbonyl (C=S) groups is 1. The van der Waals surface area contributed by atoms with E-state index in [0.29, 0.717) is 31.5 Å². The maximum atomic E-state index is 6.64. The summed E-state index contributed by atoms with van der Waals surface area (Å²) in [4.78, 5) is 0. The Morgan fingerprint density at radius 3 is 1.88 bits per heavy atom. The van der Waals surface area contributed by atoms with Gasteiger partial charge in [-0.25, -0.2) is 0 Å². The highest BCUT2D eigenvalue weighted by Gasteiger charge is 2.39. The minimum Gasteiger partial charge on any atom is -0.374 e. The molecular weight excluding hydrogens is 438 g/mol. The van der Waals surface area contributed by atoms with Gasteiger partial charge >= 0.3 is 8.80 Å². The second-order valence-corrected chi connectivity index (χ2v) is 10.5. The molecule has 0 unspecified atom stereocenters. The average Bonchev–Trinajstić information content (AvgIpc) is 2.81. The maximum absolute atomic E-state index is 6.64. The molecule has 0 spiro atoms. The summed E-state index contributed by atoms with van der Waals surface area (Å²) in [5.74, 6) is 0. The van der Waals surface area contributed by atoms with Gasteiger partial charge in [0.2, 0.25) is 0 Å². The molecule has 0 aromatic heterocycles. The Morgan fingerprint density at radius 1 is 0.875 bits per heavy atom. The summed E-state index contributed by atoms with van der Waals surface area (Å²) in [6.07, 6.45) is 0.828. The number of hydrogen-bond acceptors (Lipinski definition) is 5. The lowest BCUT2D eigenvalue weighted by Gasteiger charge is -2.29. The van der Waals surface area contributed by atoms with Crippen molar-refractivity contribution in [3.63, 3.8) is 0 Å². The first kappa shape index (κ1) is 26.4. The van der Waals surface area contributed by atoms with Gasteiger partial charge < -0.3 is 29.6 Å². The summed E-state index contributed by atoms with van der Waals surface area (Å²) < 4.78 is 17.8. The fraction of sp³-hybridized carbons (Fsp3) is 0.458. The molecule has 176 valence electrons. The largest absolute Gasteiger partial charge is 0.500 e. The second-order valence-electron chi connectivity index (χ2n) is 7.31. The standard InChI is InChI=1S/C24H37N3O3SSi/c1-4-28-32(29-5-2,30-6-3)19-13-18-26-24(31)27-23(21-16-11-8-12-17-21)22(25)20-14-9-7-10-15-20/h7-12,14-17,22-23H,4-6,13,18-19,25H2,1-3H3,(H2,26,27,31)/t22-,23-/m1/s1. The first-order chi connectivity index (χ1) is 15.5. The van der Waals surface area contributed by atoms with Crippen molar-refractivity contribution in [1.29, 1.82) is 0 Å². The molecule has 2 aromatic carbocycles. The van der Waals surface area contributed by atoms with Crippen LogP contribution < -0.4 is 16.4 Å². The Balaban J connectivity index is 1.97. The summed E-state index contributed by atoms with van der Waals surface area (Å²) >= 11 is 5.60. The van der Waals surface area contributed by atoms with Crippen molar-refractivity contribution in [3.8, 4) is 0 Å². The quantitative estimate of drug-likeness (QED) is 0.213. The number of nitrogens with one attached hydrogen (secondary N) is 2. The molecule has 0 saturated heterocycles. The fourth-order valence-corrected chi connectivity index (χ4v) is 6.45. The highest BCUT2D eigenvalue weighted by Crippen LogP contribution is 2.26. The van der Waals surface area contributed by atoms with Crippen LogP contribution in [0.2, 0.25) is 6.04 Å².